The zero-order valence-corrected chi connectivity index (χ0v) is 13.4. The third-order valence-electron chi connectivity index (χ3n) is 3.21. The molecule has 0 amide bonds. The quantitative estimate of drug-likeness (QED) is 0.820. The number of halogens is 1. The highest BCUT2D eigenvalue weighted by Gasteiger charge is 2.15. The average Bonchev–Trinajstić information content (AvgIpc) is 2.91. The van der Waals surface area contributed by atoms with Gasteiger partial charge in [0, 0.05) is 23.3 Å². The molecule has 3 nitrogen and oxygen atoms in total. The Balaban J connectivity index is 1.87. The molecule has 1 fully saturated rings. The number of ether oxygens (including phenoxy) is 1. The van der Waals surface area contributed by atoms with Crippen molar-refractivity contribution in [3.63, 3.8) is 0 Å². The van der Waals surface area contributed by atoms with Crippen molar-refractivity contribution in [1.82, 2.24) is 5.32 Å². The summed E-state index contributed by atoms with van der Waals surface area (Å²) in [5, 5.41) is 7.14. The van der Waals surface area contributed by atoms with Gasteiger partial charge in [-0.15, -0.1) is 0 Å². The summed E-state index contributed by atoms with van der Waals surface area (Å²) in [7, 11) is 0. The van der Waals surface area contributed by atoms with Crippen LogP contribution < -0.4 is 10.6 Å². The van der Waals surface area contributed by atoms with E-state index in [1.807, 2.05) is 12.1 Å². The Morgan fingerprint density at radius 2 is 2.37 bits per heavy atom. The Morgan fingerprint density at radius 3 is 3.05 bits per heavy atom. The van der Waals surface area contributed by atoms with E-state index in [1.165, 1.54) is 5.56 Å². The molecule has 0 bridgehead atoms. The SMILES string of the molecule is CCc1cc(Br)ccc1NC(=S)NCC1CCCO1. The Morgan fingerprint density at radius 1 is 1.53 bits per heavy atom. The second-order valence-corrected chi connectivity index (χ2v) is 5.95. The monoisotopic (exact) mass is 342 g/mol. The summed E-state index contributed by atoms with van der Waals surface area (Å²) < 4.78 is 6.65. The molecule has 0 radical (unpaired) electrons. The van der Waals surface area contributed by atoms with Crippen molar-refractivity contribution in [1.29, 1.82) is 0 Å². The Bertz CT molecular complexity index is 447. The number of anilines is 1. The second kappa shape index (κ2) is 7.22. The third-order valence-corrected chi connectivity index (χ3v) is 3.95. The van der Waals surface area contributed by atoms with E-state index in [1.54, 1.807) is 0 Å². The van der Waals surface area contributed by atoms with E-state index < -0.39 is 0 Å². The van der Waals surface area contributed by atoms with Gasteiger partial charge in [-0.2, -0.15) is 0 Å². The molecular weight excluding hydrogens is 324 g/mol. The highest BCUT2D eigenvalue weighted by atomic mass is 79.9. The van der Waals surface area contributed by atoms with Gasteiger partial charge in [0.25, 0.3) is 0 Å². The van der Waals surface area contributed by atoms with Crippen LogP contribution in [0.1, 0.15) is 25.3 Å². The van der Waals surface area contributed by atoms with Crippen molar-refractivity contribution in [2.75, 3.05) is 18.5 Å². The predicted octanol–water partition coefficient (Wildman–Crippen LogP) is 3.48. The average molecular weight is 343 g/mol. The lowest BCUT2D eigenvalue weighted by molar-refractivity contribution is 0.114. The van der Waals surface area contributed by atoms with Crippen LogP contribution in [0.15, 0.2) is 22.7 Å². The molecule has 1 aliphatic rings. The predicted molar refractivity (Wildman–Crippen MR) is 86.7 cm³/mol. The maximum absolute atomic E-state index is 5.56. The fraction of sp³-hybridized carbons (Fsp3) is 0.500. The first-order chi connectivity index (χ1) is 9.19. The van der Waals surface area contributed by atoms with Crippen LogP contribution in [0.4, 0.5) is 5.69 Å². The second-order valence-electron chi connectivity index (χ2n) is 4.63. The Labute approximate surface area is 128 Å². The molecule has 1 aromatic rings. The summed E-state index contributed by atoms with van der Waals surface area (Å²) in [6.07, 6.45) is 3.54. The number of hydrogen-bond acceptors (Lipinski definition) is 2. The van der Waals surface area contributed by atoms with Gasteiger partial charge in [-0.3, -0.25) is 0 Å². The van der Waals surface area contributed by atoms with Crippen LogP contribution in [0.5, 0.6) is 0 Å². The largest absolute Gasteiger partial charge is 0.376 e. The van der Waals surface area contributed by atoms with Crippen LogP contribution in [0.25, 0.3) is 0 Å². The van der Waals surface area contributed by atoms with E-state index >= 15 is 0 Å². The zero-order chi connectivity index (χ0) is 13.7. The minimum atomic E-state index is 0.301. The molecule has 19 heavy (non-hydrogen) atoms. The molecule has 0 aromatic heterocycles. The van der Waals surface area contributed by atoms with E-state index in [0.717, 1.165) is 42.6 Å². The van der Waals surface area contributed by atoms with E-state index in [9.17, 15) is 0 Å². The van der Waals surface area contributed by atoms with E-state index in [4.69, 9.17) is 17.0 Å². The van der Waals surface area contributed by atoms with E-state index in [2.05, 4.69) is 39.6 Å². The van der Waals surface area contributed by atoms with Crippen LogP contribution in [0, 0.1) is 0 Å². The van der Waals surface area contributed by atoms with Gasteiger partial charge in [0.2, 0.25) is 0 Å². The summed E-state index contributed by atoms with van der Waals surface area (Å²) in [5.41, 5.74) is 2.31. The molecule has 1 aromatic carbocycles. The normalized spacial score (nSPS) is 18.3. The van der Waals surface area contributed by atoms with Crippen molar-refractivity contribution in [2.24, 2.45) is 0 Å². The number of hydrogen-bond donors (Lipinski definition) is 2. The first-order valence-corrected chi connectivity index (χ1v) is 7.84. The molecule has 104 valence electrons. The van der Waals surface area contributed by atoms with Crippen molar-refractivity contribution in [3.05, 3.63) is 28.2 Å². The highest BCUT2D eigenvalue weighted by molar-refractivity contribution is 9.10. The maximum atomic E-state index is 5.56. The first-order valence-electron chi connectivity index (χ1n) is 6.64. The van der Waals surface area contributed by atoms with Crippen LogP contribution in [-0.2, 0) is 11.2 Å². The highest BCUT2D eigenvalue weighted by Crippen LogP contribution is 2.21. The number of benzene rings is 1. The van der Waals surface area contributed by atoms with Gasteiger partial charge in [-0.1, -0.05) is 22.9 Å². The zero-order valence-electron chi connectivity index (χ0n) is 11.0. The van der Waals surface area contributed by atoms with Crippen LogP contribution in [-0.4, -0.2) is 24.4 Å². The molecule has 1 aliphatic heterocycles. The number of nitrogens with one attached hydrogen (secondary N) is 2. The minimum Gasteiger partial charge on any atom is -0.376 e. The fourth-order valence-corrected chi connectivity index (χ4v) is 2.76. The van der Waals surface area contributed by atoms with E-state index in [-0.39, 0.29) is 0 Å². The minimum absolute atomic E-state index is 0.301. The van der Waals surface area contributed by atoms with Gasteiger partial charge >= 0.3 is 0 Å². The standard InChI is InChI=1S/C14H19BrN2OS/c1-2-10-8-11(15)5-6-13(10)17-14(19)16-9-12-4-3-7-18-12/h5-6,8,12H,2-4,7,9H2,1H3,(H2,16,17,19). The molecule has 5 heteroatoms. The van der Waals surface area contributed by atoms with Crippen molar-refractivity contribution in [2.45, 2.75) is 32.3 Å². The molecule has 0 aliphatic carbocycles. The van der Waals surface area contributed by atoms with Gasteiger partial charge in [0.15, 0.2) is 5.11 Å². The molecule has 0 spiro atoms. The summed E-state index contributed by atoms with van der Waals surface area (Å²) in [6, 6.07) is 6.18. The molecule has 1 saturated heterocycles. The Hall–Kier alpha value is -0.650. The molecule has 2 N–H and O–H groups in total. The molecule has 1 atom stereocenters. The molecule has 1 unspecified atom stereocenters. The molecule has 1 heterocycles. The summed E-state index contributed by atoms with van der Waals surface area (Å²) in [6.45, 7) is 3.79. The van der Waals surface area contributed by atoms with Gasteiger partial charge in [0.1, 0.15) is 0 Å². The van der Waals surface area contributed by atoms with Crippen molar-refractivity contribution < 1.29 is 4.74 Å². The first kappa shape index (κ1) is 14.8. The van der Waals surface area contributed by atoms with Gasteiger partial charge in [-0.05, 0) is 55.2 Å². The lowest BCUT2D eigenvalue weighted by Gasteiger charge is -2.16. The third kappa shape index (κ3) is 4.44. The number of aryl methyl sites for hydroxylation is 1. The smallest absolute Gasteiger partial charge is 0.170 e. The summed E-state index contributed by atoms with van der Waals surface area (Å²) >= 11 is 8.81. The van der Waals surface area contributed by atoms with Crippen LogP contribution >= 0.6 is 28.1 Å². The van der Waals surface area contributed by atoms with Crippen molar-refractivity contribution >= 4 is 38.9 Å². The lowest BCUT2D eigenvalue weighted by Crippen LogP contribution is -2.35. The number of rotatable bonds is 4. The van der Waals surface area contributed by atoms with Gasteiger partial charge in [0.05, 0.1) is 6.10 Å². The molecular formula is C14H19BrN2OS. The van der Waals surface area contributed by atoms with Crippen LogP contribution in [0.3, 0.4) is 0 Å². The van der Waals surface area contributed by atoms with Gasteiger partial charge < -0.3 is 15.4 Å². The molecule has 0 saturated carbocycles. The van der Waals surface area contributed by atoms with Crippen molar-refractivity contribution in [3.8, 4) is 0 Å². The number of thiocarbonyl (C=S) groups is 1. The Kier molecular flexibility index (Phi) is 5.60. The van der Waals surface area contributed by atoms with Gasteiger partial charge in [-0.25, -0.2) is 0 Å². The lowest BCUT2D eigenvalue weighted by atomic mass is 10.1. The van der Waals surface area contributed by atoms with E-state index in [0.29, 0.717) is 11.2 Å². The summed E-state index contributed by atoms with van der Waals surface area (Å²) in [4.78, 5) is 0. The maximum Gasteiger partial charge on any atom is 0.170 e. The topological polar surface area (TPSA) is 33.3 Å². The molecule has 2 rings (SSSR count). The summed E-state index contributed by atoms with van der Waals surface area (Å²) in [5.74, 6) is 0. The van der Waals surface area contributed by atoms with Crippen LogP contribution in [0.2, 0.25) is 0 Å². The fourth-order valence-electron chi connectivity index (χ4n) is 2.16.